The highest BCUT2D eigenvalue weighted by atomic mass is 16.3. The lowest BCUT2D eigenvalue weighted by molar-refractivity contribution is -0.168. The van der Waals surface area contributed by atoms with Crippen LogP contribution in [0.1, 0.15) is 92.9 Å². The molecule has 0 aromatic heterocycles. The third-order valence-electron chi connectivity index (χ3n) is 10.7. The summed E-state index contributed by atoms with van der Waals surface area (Å²) in [7, 11) is 0. The predicted molar refractivity (Wildman–Crippen MR) is 125 cm³/mol. The van der Waals surface area contributed by atoms with Gasteiger partial charge in [0.15, 0.2) is 0 Å². The van der Waals surface area contributed by atoms with Crippen LogP contribution in [0.25, 0.3) is 0 Å². The number of hydrogen-bond acceptors (Lipinski definition) is 2. The Morgan fingerprint density at radius 3 is 2.40 bits per heavy atom. The number of aliphatic hydroxyl groups excluding tert-OH is 1. The van der Waals surface area contributed by atoms with Gasteiger partial charge in [0.25, 0.3) is 0 Å². The molecule has 0 saturated heterocycles. The van der Waals surface area contributed by atoms with Crippen LogP contribution in [-0.4, -0.2) is 21.9 Å². The number of hydrogen-bond donors (Lipinski definition) is 2. The monoisotopic (exact) mass is 414 g/mol. The van der Waals surface area contributed by atoms with Gasteiger partial charge < -0.3 is 10.2 Å². The molecule has 0 radical (unpaired) electrons. The van der Waals surface area contributed by atoms with E-state index in [1.54, 1.807) is 5.57 Å². The van der Waals surface area contributed by atoms with Crippen molar-refractivity contribution in [3.63, 3.8) is 0 Å². The molecule has 3 saturated carbocycles. The molecule has 0 bridgehead atoms. The van der Waals surface area contributed by atoms with E-state index >= 15 is 0 Å². The van der Waals surface area contributed by atoms with Crippen molar-refractivity contribution < 1.29 is 10.2 Å². The van der Waals surface area contributed by atoms with Gasteiger partial charge in [0, 0.05) is 11.8 Å². The summed E-state index contributed by atoms with van der Waals surface area (Å²) in [6, 6.07) is 0. The molecule has 170 valence electrons. The Bertz CT molecular complexity index is 707. The second-order valence-electron chi connectivity index (χ2n) is 12.4. The highest BCUT2D eigenvalue weighted by molar-refractivity contribution is 5.30. The summed E-state index contributed by atoms with van der Waals surface area (Å²) in [5.74, 6) is 3.95. The minimum atomic E-state index is -0.715. The Balaban J connectivity index is 1.57. The lowest BCUT2D eigenvalue weighted by Gasteiger charge is -2.61. The maximum atomic E-state index is 11.6. The van der Waals surface area contributed by atoms with Gasteiger partial charge in [-0.3, -0.25) is 0 Å². The highest BCUT2D eigenvalue weighted by Crippen LogP contribution is 2.67. The zero-order valence-electron chi connectivity index (χ0n) is 20.3. The first kappa shape index (κ1) is 22.6. The summed E-state index contributed by atoms with van der Waals surface area (Å²) in [5, 5.41) is 21.8. The predicted octanol–water partition coefficient (Wildman–Crippen LogP) is 6.53. The topological polar surface area (TPSA) is 40.5 Å². The summed E-state index contributed by atoms with van der Waals surface area (Å²) >= 11 is 0. The molecule has 0 amide bonds. The average Bonchev–Trinajstić information content (AvgIpc) is 3.04. The Labute approximate surface area is 185 Å². The van der Waals surface area contributed by atoms with E-state index in [4.69, 9.17) is 0 Å². The summed E-state index contributed by atoms with van der Waals surface area (Å²) < 4.78 is 0. The zero-order valence-corrected chi connectivity index (χ0v) is 20.3. The van der Waals surface area contributed by atoms with Gasteiger partial charge in [0.05, 0.1) is 11.7 Å². The van der Waals surface area contributed by atoms with Crippen LogP contribution >= 0.6 is 0 Å². The van der Waals surface area contributed by atoms with Crippen molar-refractivity contribution in [3.05, 3.63) is 23.8 Å². The molecule has 4 rings (SSSR count). The van der Waals surface area contributed by atoms with Gasteiger partial charge in [0.2, 0.25) is 0 Å². The van der Waals surface area contributed by atoms with E-state index in [2.05, 4.69) is 59.8 Å². The van der Waals surface area contributed by atoms with E-state index in [-0.39, 0.29) is 11.5 Å². The van der Waals surface area contributed by atoms with Crippen molar-refractivity contribution in [1.82, 2.24) is 0 Å². The third kappa shape index (κ3) is 3.36. The highest BCUT2D eigenvalue weighted by Gasteiger charge is 2.62. The maximum Gasteiger partial charge on any atom is 0.0765 e. The first-order valence-corrected chi connectivity index (χ1v) is 12.8. The molecule has 0 aromatic rings. The lowest BCUT2D eigenvalue weighted by Crippen LogP contribution is -2.59. The van der Waals surface area contributed by atoms with Crippen molar-refractivity contribution in [2.75, 3.05) is 0 Å². The molecule has 2 N–H and O–H groups in total. The van der Waals surface area contributed by atoms with Gasteiger partial charge in [-0.1, -0.05) is 65.3 Å². The minimum absolute atomic E-state index is 0.0616. The van der Waals surface area contributed by atoms with Gasteiger partial charge in [-0.15, -0.1) is 0 Å². The van der Waals surface area contributed by atoms with Crippen molar-refractivity contribution >= 4 is 0 Å². The largest absolute Gasteiger partial charge is 0.393 e. The summed E-state index contributed by atoms with van der Waals surface area (Å²) in [6.07, 6.45) is 15.4. The quantitative estimate of drug-likeness (QED) is 0.514. The van der Waals surface area contributed by atoms with E-state index in [0.29, 0.717) is 41.4 Å². The Kier molecular flexibility index (Phi) is 5.85. The first-order valence-electron chi connectivity index (χ1n) is 12.8. The number of fused-ring (bicyclic) bond motifs is 5. The second kappa shape index (κ2) is 7.77. The van der Waals surface area contributed by atoms with Gasteiger partial charge in [-0.25, -0.2) is 0 Å². The summed E-state index contributed by atoms with van der Waals surface area (Å²) in [5.41, 5.74) is 1.30. The normalized spacial score (nSPS) is 48.1. The lowest BCUT2D eigenvalue weighted by atomic mass is 9.46. The van der Waals surface area contributed by atoms with Crippen LogP contribution in [0.2, 0.25) is 0 Å². The molecule has 3 fully saturated rings. The van der Waals surface area contributed by atoms with Gasteiger partial charge >= 0.3 is 0 Å². The number of allylic oxidation sites excluding steroid dienone is 3. The molecule has 9 atom stereocenters. The first-order chi connectivity index (χ1) is 14.0. The molecule has 4 aliphatic rings. The molecule has 0 aromatic carbocycles. The summed E-state index contributed by atoms with van der Waals surface area (Å²) in [4.78, 5) is 0. The molecule has 2 heteroatoms. The zero-order chi connectivity index (χ0) is 21.9. The van der Waals surface area contributed by atoms with E-state index in [1.807, 2.05) is 0 Å². The molecule has 0 heterocycles. The fraction of sp³-hybridized carbons (Fsp3) is 0.857. The van der Waals surface area contributed by atoms with E-state index in [0.717, 1.165) is 25.2 Å². The van der Waals surface area contributed by atoms with Crippen molar-refractivity contribution in [2.45, 2.75) is 105 Å². The molecule has 2 nitrogen and oxygen atoms in total. The average molecular weight is 415 g/mol. The number of aliphatic hydroxyl groups is 2. The molecule has 30 heavy (non-hydrogen) atoms. The fourth-order valence-corrected chi connectivity index (χ4v) is 8.10. The van der Waals surface area contributed by atoms with E-state index in [9.17, 15) is 10.2 Å². The van der Waals surface area contributed by atoms with Crippen LogP contribution < -0.4 is 0 Å². The van der Waals surface area contributed by atoms with Gasteiger partial charge in [-0.2, -0.15) is 0 Å². The van der Waals surface area contributed by atoms with Crippen LogP contribution in [0.4, 0.5) is 0 Å². The smallest absolute Gasteiger partial charge is 0.0765 e. The third-order valence-corrected chi connectivity index (χ3v) is 10.7. The van der Waals surface area contributed by atoms with Crippen molar-refractivity contribution in [1.29, 1.82) is 0 Å². The fourth-order valence-electron chi connectivity index (χ4n) is 8.10. The second-order valence-corrected chi connectivity index (χ2v) is 12.4. The molecule has 0 spiro atoms. The molecular weight excluding hydrogens is 368 g/mol. The van der Waals surface area contributed by atoms with Crippen molar-refractivity contribution in [2.24, 2.45) is 46.3 Å². The summed E-state index contributed by atoms with van der Waals surface area (Å²) in [6.45, 7) is 14.3. The molecular formula is C28H46O2. The molecule has 0 aliphatic heterocycles. The van der Waals surface area contributed by atoms with Crippen molar-refractivity contribution in [3.8, 4) is 0 Å². The standard InChI is InChI=1S/C28H46O2/c1-18(2)19(3)7-8-20(4)23-9-10-24-22-12-16-28(30)17-21(29)11-15-27(28,6)25(22)13-14-26(23,24)5/h7-8,12,18-21,23-25,29-30H,9-11,13-17H2,1-6H3/t19-,20+,21-,23+,24-,25-,26+,27+,28+/m0/s1. The van der Waals surface area contributed by atoms with Crippen LogP contribution in [0.3, 0.4) is 0 Å². The maximum absolute atomic E-state index is 11.6. The van der Waals surface area contributed by atoms with Crippen LogP contribution in [0, 0.1) is 46.3 Å². The van der Waals surface area contributed by atoms with Crippen LogP contribution in [0.5, 0.6) is 0 Å². The van der Waals surface area contributed by atoms with Gasteiger partial charge in [-0.05, 0) is 85.9 Å². The van der Waals surface area contributed by atoms with Crippen LogP contribution in [-0.2, 0) is 0 Å². The number of rotatable bonds is 4. The molecule has 0 unspecified atom stereocenters. The van der Waals surface area contributed by atoms with Gasteiger partial charge in [0.1, 0.15) is 0 Å². The molecule has 4 aliphatic carbocycles. The minimum Gasteiger partial charge on any atom is -0.393 e. The Hall–Kier alpha value is -0.600. The van der Waals surface area contributed by atoms with E-state index in [1.165, 1.54) is 25.7 Å². The Morgan fingerprint density at radius 1 is 0.967 bits per heavy atom. The van der Waals surface area contributed by atoms with E-state index < -0.39 is 5.60 Å². The van der Waals surface area contributed by atoms with Crippen LogP contribution in [0.15, 0.2) is 23.8 Å². The SMILES string of the molecule is CC(C)[C@@H](C)C=C[C@@H](C)[C@H]1CC[C@H]2C3=CC[C@@]4(O)C[C@@H](O)CC[C@]4(C)[C@H]3CC[C@]12C. The Morgan fingerprint density at radius 2 is 1.70 bits per heavy atom.